The third-order valence-electron chi connectivity index (χ3n) is 7.34. The minimum Gasteiger partial charge on any atom is -0.363 e. The molecule has 162 valence electrons. The lowest BCUT2D eigenvalue weighted by atomic mass is 9.64. The Morgan fingerprint density at radius 1 is 1.13 bits per heavy atom. The average Bonchev–Trinajstić information content (AvgIpc) is 2.76. The molecule has 0 unspecified atom stereocenters. The summed E-state index contributed by atoms with van der Waals surface area (Å²) >= 11 is 0. The molecule has 3 fully saturated rings. The van der Waals surface area contributed by atoms with Crippen LogP contribution in [0.25, 0.3) is 10.9 Å². The molecule has 3 aliphatic carbocycles. The molecule has 6 rings (SSSR count). The maximum absolute atomic E-state index is 14.7. The molecule has 7 heteroatoms. The zero-order chi connectivity index (χ0) is 21.8. The number of aryl methyl sites for hydroxylation is 1. The SMILES string of the molecule is Cc1cccc([C@@H](C)Nc2ncnc3cc(=O)n(C45CCC(F)(CC4)CC5)cc23)c1F. The standard InChI is InChI=1S/C24H26F2N4O/c1-15-4-3-5-17(21(15)25)16(2)29-22-18-13-30(20(31)12-19(18)27-14-28-22)24-9-6-23(26,7-10-24)8-11-24/h3-5,12-14,16H,6-11H2,1-2H3,(H,27,28,29)/t16-,23?,24?/m1/s1. The summed E-state index contributed by atoms with van der Waals surface area (Å²) in [4.78, 5) is 21.6. The van der Waals surface area contributed by atoms with Gasteiger partial charge < -0.3 is 9.88 Å². The molecule has 2 heterocycles. The summed E-state index contributed by atoms with van der Waals surface area (Å²) in [6.07, 6.45) is 6.70. The zero-order valence-electron chi connectivity index (χ0n) is 17.8. The molecule has 0 radical (unpaired) electrons. The van der Waals surface area contributed by atoms with Gasteiger partial charge in [0.1, 0.15) is 23.6 Å². The highest BCUT2D eigenvalue weighted by molar-refractivity contribution is 5.88. The van der Waals surface area contributed by atoms with E-state index in [1.165, 1.54) is 12.4 Å². The fourth-order valence-electron chi connectivity index (χ4n) is 5.29. The van der Waals surface area contributed by atoms with Crippen molar-refractivity contribution < 1.29 is 8.78 Å². The van der Waals surface area contributed by atoms with Gasteiger partial charge in [0.2, 0.25) is 0 Å². The highest BCUT2D eigenvalue weighted by atomic mass is 19.1. The first kappa shape index (κ1) is 20.1. The van der Waals surface area contributed by atoms with Crippen LogP contribution >= 0.6 is 0 Å². The predicted octanol–water partition coefficient (Wildman–Crippen LogP) is 5.18. The summed E-state index contributed by atoms with van der Waals surface area (Å²) in [6.45, 7) is 3.62. The number of nitrogens with zero attached hydrogens (tertiary/aromatic N) is 3. The zero-order valence-corrected chi connectivity index (χ0v) is 17.8. The fourth-order valence-corrected chi connectivity index (χ4v) is 5.29. The Bertz CT molecular complexity index is 1200. The Kier molecular flexibility index (Phi) is 4.61. The lowest BCUT2D eigenvalue weighted by Gasteiger charge is -2.50. The van der Waals surface area contributed by atoms with E-state index < -0.39 is 5.67 Å². The van der Waals surface area contributed by atoms with Crippen molar-refractivity contribution in [2.75, 3.05) is 5.32 Å². The number of rotatable bonds is 4. The number of aromatic nitrogens is 3. The number of hydrogen-bond acceptors (Lipinski definition) is 4. The third kappa shape index (κ3) is 3.30. The summed E-state index contributed by atoms with van der Waals surface area (Å²) in [6, 6.07) is 6.53. The van der Waals surface area contributed by atoms with Crippen LogP contribution < -0.4 is 10.9 Å². The van der Waals surface area contributed by atoms with Crippen LogP contribution in [0.3, 0.4) is 0 Å². The topological polar surface area (TPSA) is 59.8 Å². The first-order chi connectivity index (χ1) is 14.8. The molecule has 0 amide bonds. The molecule has 1 atom stereocenters. The van der Waals surface area contributed by atoms with E-state index in [1.54, 1.807) is 23.6 Å². The van der Waals surface area contributed by atoms with Crippen molar-refractivity contribution in [3.63, 3.8) is 0 Å². The van der Waals surface area contributed by atoms with Crippen LogP contribution in [0.4, 0.5) is 14.6 Å². The van der Waals surface area contributed by atoms with Crippen LogP contribution in [0, 0.1) is 12.7 Å². The maximum atomic E-state index is 14.7. The van der Waals surface area contributed by atoms with Crippen LogP contribution in [0.2, 0.25) is 0 Å². The van der Waals surface area contributed by atoms with Crippen molar-refractivity contribution in [1.82, 2.24) is 14.5 Å². The molecule has 0 saturated heterocycles. The molecular formula is C24H26F2N4O. The number of benzene rings is 1. The number of halogens is 2. The monoisotopic (exact) mass is 424 g/mol. The van der Waals surface area contributed by atoms with E-state index in [1.807, 2.05) is 19.2 Å². The molecule has 0 spiro atoms. The number of pyridine rings is 1. The van der Waals surface area contributed by atoms with Crippen LogP contribution in [0.5, 0.6) is 0 Å². The van der Waals surface area contributed by atoms with Gasteiger partial charge in [0.15, 0.2) is 0 Å². The predicted molar refractivity (Wildman–Crippen MR) is 116 cm³/mol. The highest BCUT2D eigenvalue weighted by Crippen LogP contribution is 2.52. The van der Waals surface area contributed by atoms with Gasteiger partial charge in [-0.1, -0.05) is 18.2 Å². The van der Waals surface area contributed by atoms with E-state index in [2.05, 4.69) is 15.3 Å². The Labute approximate surface area is 179 Å². The van der Waals surface area contributed by atoms with E-state index in [0.29, 0.717) is 66.4 Å². The van der Waals surface area contributed by atoms with Crippen LogP contribution in [-0.2, 0) is 5.54 Å². The molecule has 3 saturated carbocycles. The Morgan fingerprint density at radius 3 is 2.55 bits per heavy atom. The average molecular weight is 424 g/mol. The number of anilines is 1. The van der Waals surface area contributed by atoms with Crippen molar-refractivity contribution in [1.29, 1.82) is 0 Å². The van der Waals surface area contributed by atoms with E-state index in [0.717, 1.165) is 0 Å². The van der Waals surface area contributed by atoms with Crippen molar-refractivity contribution in [3.05, 3.63) is 64.1 Å². The van der Waals surface area contributed by atoms with Crippen molar-refractivity contribution in [2.24, 2.45) is 0 Å². The molecule has 2 aromatic heterocycles. The number of nitrogens with one attached hydrogen (secondary N) is 1. The first-order valence-corrected chi connectivity index (χ1v) is 10.9. The Morgan fingerprint density at radius 2 is 1.84 bits per heavy atom. The summed E-state index contributed by atoms with van der Waals surface area (Å²) < 4.78 is 31.1. The van der Waals surface area contributed by atoms with Crippen LogP contribution in [0.1, 0.15) is 62.6 Å². The molecule has 1 aromatic carbocycles. The second-order valence-corrected chi connectivity index (χ2v) is 9.22. The second kappa shape index (κ2) is 7.11. The van der Waals surface area contributed by atoms with Gasteiger partial charge in [-0.25, -0.2) is 18.7 Å². The number of hydrogen-bond donors (Lipinski definition) is 1. The van der Waals surface area contributed by atoms with Gasteiger partial charge in [0.25, 0.3) is 5.56 Å². The molecule has 2 bridgehead atoms. The fraction of sp³-hybridized carbons (Fsp3) is 0.458. The number of alkyl halides is 1. The normalized spacial score (nSPS) is 26.2. The molecule has 0 aliphatic heterocycles. The maximum Gasteiger partial charge on any atom is 0.253 e. The van der Waals surface area contributed by atoms with E-state index in [4.69, 9.17) is 0 Å². The van der Waals surface area contributed by atoms with E-state index >= 15 is 0 Å². The largest absolute Gasteiger partial charge is 0.363 e. The minimum absolute atomic E-state index is 0.122. The molecule has 3 aliphatic rings. The Hall–Kier alpha value is -2.83. The van der Waals surface area contributed by atoms with Gasteiger partial charge in [0, 0.05) is 23.4 Å². The number of fused-ring (bicyclic) bond motifs is 4. The molecule has 5 nitrogen and oxygen atoms in total. The van der Waals surface area contributed by atoms with Gasteiger partial charge in [-0.3, -0.25) is 4.79 Å². The second-order valence-electron chi connectivity index (χ2n) is 9.22. The van der Waals surface area contributed by atoms with Gasteiger partial charge in [0.05, 0.1) is 16.9 Å². The first-order valence-electron chi connectivity index (χ1n) is 10.9. The van der Waals surface area contributed by atoms with Gasteiger partial charge in [-0.15, -0.1) is 0 Å². The summed E-state index contributed by atoms with van der Waals surface area (Å²) in [5, 5.41) is 4.01. The van der Waals surface area contributed by atoms with Crippen molar-refractivity contribution >= 4 is 16.7 Å². The van der Waals surface area contributed by atoms with E-state index in [-0.39, 0.29) is 23.0 Å². The minimum atomic E-state index is -1.06. The van der Waals surface area contributed by atoms with Crippen LogP contribution in [-0.4, -0.2) is 20.2 Å². The summed E-state index contributed by atoms with van der Waals surface area (Å²) in [5.41, 5.74) is 0.149. The quantitative estimate of drug-likeness (QED) is 0.627. The molecule has 31 heavy (non-hydrogen) atoms. The van der Waals surface area contributed by atoms with Crippen LogP contribution in [0.15, 0.2) is 41.6 Å². The lowest BCUT2D eigenvalue weighted by Crippen LogP contribution is -2.52. The highest BCUT2D eigenvalue weighted by Gasteiger charge is 2.50. The molecule has 1 N–H and O–H groups in total. The molecular weight excluding hydrogens is 398 g/mol. The summed E-state index contributed by atoms with van der Waals surface area (Å²) in [7, 11) is 0. The van der Waals surface area contributed by atoms with Gasteiger partial charge in [-0.05, 0) is 57.9 Å². The molecule has 3 aromatic rings. The third-order valence-corrected chi connectivity index (χ3v) is 7.34. The summed E-state index contributed by atoms with van der Waals surface area (Å²) in [5.74, 6) is 0.311. The van der Waals surface area contributed by atoms with Gasteiger partial charge >= 0.3 is 0 Å². The van der Waals surface area contributed by atoms with Gasteiger partial charge in [-0.2, -0.15) is 0 Å². The van der Waals surface area contributed by atoms with Crippen molar-refractivity contribution in [3.8, 4) is 0 Å². The van der Waals surface area contributed by atoms with E-state index in [9.17, 15) is 13.6 Å². The Balaban J connectivity index is 1.55. The van der Waals surface area contributed by atoms with Crippen molar-refractivity contribution in [2.45, 2.75) is 69.6 Å². The lowest BCUT2D eigenvalue weighted by molar-refractivity contribution is -0.0282. The smallest absolute Gasteiger partial charge is 0.253 e.